The van der Waals surface area contributed by atoms with Crippen molar-refractivity contribution in [2.75, 3.05) is 39.6 Å². The summed E-state index contributed by atoms with van der Waals surface area (Å²) in [6.07, 6.45) is 0. The molecule has 2 rings (SSSR count). The fourth-order valence-electron chi connectivity index (χ4n) is 1.76. The molecule has 0 amide bonds. The average Bonchev–Trinajstić information content (AvgIpc) is 2.65. The van der Waals surface area contributed by atoms with E-state index < -0.39 is 0 Å². The molecule has 2 N–H and O–H groups in total. The SMILES string of the molecule is CCOCCOc1ccccc1.CCOCCOc1ccccc1.O. The summed E-state index contributed by atoms with van der Waals surface area (Å²) >= 11 is 0. The number of hydrogen-bond acceptors (Lipinski definition) is 4. The van der Waals surface area contributed by atoms with Gasteiger partial charge in [0, 0.05) is 13.2 Å². The number of benzene rings is 2. The molecular formula is C20H30O5. The van der Waals surface area contributed by atoms with Gasteiger partial charge in [-0.15, -0.1) is 0 Å². The molecule has 0 atom stereocenters. The molecule has 0 aliphatic carbocycles. The number of para-hydroxylation sites is 2. The molecule has 0 saturated heterocycles. The molecule has 140 valence electrons. The second kappa shape index (κ2) is 16.8. The lowest BCUT2D eigenvalue weighted by atomic mass is 10.3. The summed E-state index contributed by atoms with van der Waals surface area (Å²) in [5.74, 6) is 1.80. The van der Waals surface area contributed by atoms with Crippen molar-refractivity contribution in [2.45, 2.75) is 13.8 Å². The van der Waals surface area contributed by atoms with E-state index in [4.69, 9.17) is 18.9 Å². The van der Waals surface area contributed by atoms with E-state index in [1.165, 1.54) is 0 Å². The molecule has 5 heteroatoms. The second-order valence-electron chi connectivity index (χ2n) is 4.72. The maximum absolute atomic E-state index is 5.38. The van der Waals surface area contributed by atoms with E-state index in [-0.39, 0.29) is 5.48 Å². The van der Waals surface area contributed by atoms with Gasteiger partial charge < -0.3 is 24.4 Å². The van der Waals surface area contributed by atoms with Gasteiger partial charge in [-0.1, -0.05) is 36.4 Å². The molecular weight excluding hydrogens is 320 g/mol. The van der Waals surface area contributed by atoms with E-state index in [0.29, 0.717) is 26.4 Å². The normalized spacial score (nSPS) is 9.36. The van der Waals surface area contributed by atoms with Crippen molar-refractivity contribution in [2.24, 2.45) is 0 Å². The second-order valence-corrected chi connectivity index (χ2v) is 4.72. The zero-order valence-corrected chi connectivity index (χ0v) is 15.1. The van der Waals surface area contributed by atoms with Gasteiger partial charge in [0.1, 0.15) is 24.7 Å². The van der Waals surface area contributed by atoms with Crippen molar-refractivity contribution >= 4 is 0 Å². The highest BCUT2D eigenvalue weighted by Gasteiger charge is 1.90. The monoisotopic (exact) mass is 350 g/mol. The lowest BCUT2D eigenvalue weighted by Gasteiger charge is -2.04. The minimum atomic E-state index is 0. The van der Waals surface area contributed by atoms with Gasteiger partial charge in [-0.3, -0.25) is 0 Å². The Morgan fingerprint density at radius 2 is 0.920 bits per heavy atom. The molecule has 5 nitrogen and oxygen atoms in total. The standard InChI is InChI=1S/2C10H14O2.H2O/c2*1-2-11-8-9-12-10-6-4-3-5-7-10;/h2*3-7H,2,8-9H2,1H3;1H2. The quantitative estimate of drug-likeness (QED) is 0.616. The summed E-state index contributed by atoms with van der Waals surface area (Å²) < 4.78 is 21.0. The smallest absolute Gasteiger partial charge is 0.119 e. The Labute approximate surface area is 150 Å². The lowest BCUT2D eigenvalue weighted by Crippen LogP contribution is -2.05. The van der Waals surface area contributed by atoms with Gasteiger partial charge in [0.25, 0.3) is 0 Å². The maximum Gasteiger partial charge on any atom is 0.119 e. The molecule has 0 heterocycles. The van der Waals surface area contributed by atoms with Crippen LogP contribution in [0.1, 0.15) is 13.8 Å². The summed E-state index contributed by atoms with van der Waals surface area (Å²) in [5, 5.41) is 0. The van der Waals surface area contributed by atoms with Gasteiger partial charge in [0.05, 0.1) is 13.2 Å². The molecule has 0 saturated carbocycles. The fourth-order valence-corrected chi connectivity index (χ4v) is 1.76. The van der Waals surface area contributed by atoms with Crippen LogP contribution in [0.2, 0.25) is 0 Å². The van der Waals surface area contributed by atoms with Crippen LogP contribution in [-0.4, -0.2) is 45.1 Å². The number of ether oxygens (including phenoxy) is 4. The van der Waals surface area contributed by atoms with Gasteiger partial charge in [0.2, 0.25) is 0 Å². The first-order valence-corrected chi connectivity index (χ1v) is 8.38. The van der Waals surface area contributed by atoms with Crippen molar-refractivity contribution in [1.82, 2.24) is 0 Å². The van der Waals surface area contributed by atoms with Gasteiger partial charge >= 0.3 is 0 Å². The van der Waals surface area contributed by atoms with Crippen LogP contribution in [-0.2, 0) is 9.47 Å². The fraction of sp³-hybridized carbons (Fsp3) is 0.400. The first-order chi connectivity index (χ1) is 11.9. The van der Waals surface area contributed by atoms with E-state index in [9.17, 15) is 0 Å². The lowest BCUT2D eigenvalue weighted by molar-refractivity contribution is 0.110. The molecule has 25 heavy (non-hydrogen) atoms. The third kappa shape index (κ3) is 12.9. The molecule has 0 aliphatic heterocycles. The van der Waals surface area contributed by atoms with E-state index >= 15 is 0 Å². The predicted molar refractivity (Wildman–Crippen MR) is 100 cm³/mol. The Kier molecular flexibility index (Phi) is 15.4. The molecule has 0 aliphatic rings. The van der Waals surface area contributed by atoms with Crippen LogP contribution in [0.25, 0.3) is 0 Å². The molecule has 0 bridgehead atoms. The molecule has 0 radical (unpaired) electrons. The van der Waals surface area contributed by atoms with Gasteiger partial charge in [-0.2, -0.15) is 0 Å². The molecule has 0 fully saturated rings. The summed E-state index contributed by atoms with van der Waals surface area (Å²) in [5.41, 5.74) is 0. The zero-order valence-electron chi connectivity index (χ0n) is 15.1. The van der Waals surface area contributed by atoms with Crippen molar-refractivity contribution in [3.05, 3.63) is 60.7 Å². The Hall–Kier alpha value is -2.08. The van der Waals surface area contributed by atoms with Crippen LogP contribution in [0.4, 0.5) is 0 Å². The minimum absolute atomic E-state index is 0. The highest BCUT2D eigenvalue weighted by Crippen LogP contribution is 2.08. The Morgan fingerprint density at radius 1 is 0.560 bits per heavy atom. The molecule has 0 spiro atoms. The van der Waals surface area contributed by atoms with Gasteiger partial charge in [0.15, 0.2) is 0 Å². The van der Waals surface area contributed by atoms with Crippen LogP contribution < -0.4 is 9.47 Å². The first kappa shape index (κ1) is 22.9. The van der Waals surface area contributed by atoms with E-state index in [0.717, 1.165) is 24.7 Å². The number of rotatable bonds is 10. The topological polar surface area (TPSA) is 68.4 Å². The Balaban J connectivity index is 0.000000443. The minimum Gasteiger partial charge on any atom is -0.491 e. The third-order valence-electron chi connectivity index (χ3n) is 2.89. The van der Waals surface area contributed by atoms with Gasteiger partial charge in [-0.05, 0) is 38.1 Å². The van der Waals surface area contributed by atoms with Crippen LogP contribution in [0, 0.1) is 0 Å². The highest BCUT2D eigenvalue weighted by atomic mass is 16.5. The van der Waals surface area contributed by atoms with Crippen LogP contribution in [0.15, 0.2) is 60.7 Å². The molecule has 2 aromatic rings. The van der Waals surface area contributed by atoms with Crippen molar-refractivity contribution in [1.29, 1.82) is 0 Å². The van der Waals surface area contributed by atoms with Crippen LogP contribution in [0.5, 0.6) is 11.5 Å². The summed E-state index contributed by atoms with van der Waals surface area (Å²) in [6.45, 7) is 8.01. The van der Waals surface area contributed by atoms with E-state index in [1.807, 2.05) is 74.5 Å². The summed E-state index contributed by atoms with van der Waals surface area (Å²) in [6, 6.07) is 19.5. The molecule has 0 unspecified atom stereocenters. The van der Waals surface area contributed by atoms with E-state index in [1.54, 1.807) is 0 Å². The summed E-state index contributed by atoms with van der Waals surface area (Å²) in [4.78, 5) is 0. The Morgan fingerprint density at radius 3 is 1.24 bits per heavy atom. The Bertz CT molecular complexity index is 442. The number of hydrogen-bond donors (Lipinski definition) is 0. The first-order valence-electron chi connectivity index (χ1n) is 8.38. The zero-order chi connectivity index (χ0) is 17.3. The van der Waals surface area contributed by atoms with Crippen molar-refractivity contribution in [3.8, 4) is 11.5 Å². The van der Waals surface area contributed by atoms with Crippen molar-refractivity contribution < 1.29 is 24.4 Å². The van der Waals surface area contributed by atoms with Crippen LogP contribution in [0.3, 0.4) is 0 Å². The third-order valence-corrected chi connectivity index (χ3v) is 2.89. The highest BCUT2D eigenvalue weighted by molar-refractivity contribution is 5.21. The van der Waals surface area contributed by atoms with Gasteiger partial charge in [-0.25, -0.2) is 0 Å². The van der Waals surface area contributed by atoms with E-state index in [2.05, 4.69) is 0 Å². The molecule has 2 aromatic carbocycles. The molecule has 0 aromatic heterocycles. The maximum atomic E-state index is 5.38. The largest absolute Gasteiger partial charge is 0.491 e. The average molecular weight is 350 g/mol. The van der Waals surface area contributed by atoms with Crippen LogP contribution >= 0.6 is 0 Å². The predicted octanol–water partition coefficient (Wildman–Crippen LogP) is 3.38. The summed E-state index contributed by atoms with van der Waals surface area (Å²) in [7, 11) is 0. The van der Waals surface area contributed by atoms with Crippen molar-refractivity contribution in [3.63, 3.8) is 0 Å².